The van der Waals surface area contributed by atoms with Gasteiger partial charge in [-0.1, -0.05) is 6.07 Å². The SMILES string of the molecule is CC(=O)c1ccc(NC(=O)[C@H](C)Nc2cccc([N+](=O)[O-])c2)cc1. The summed E-state index contributed by atoms with van der Waals surface area (Å²) >= 11 is 0. The summed E-state index contributed by atoms with van der Waals surface area (Å²) in [5.74, 6) is -0.342. The van der Waals surface area contributed by atoms with E-state index in [4.69, 9.17) is 0 Å². The Hall–Kier alpha value is -3.22. The van der Waals surface area contributed by atoms with Gasteiger partial charge in [0.1, 0.15) is 6.04 Å². The Labute approximate surface area is 138 Å². The molecule has 0 unspecified atom stereocenters. The Kier molecular flexibility index (Phi) is 5.26. The highest BCUT2D eigenvalue weighted by atomic mass is 16.6. The second-order valence-electron chi connectivity index (χ2n) is 5.30. The van der Waals surface area contributed by atoms with Gasteiger partial charge in [0.25, 0.3) is 5.69 Å². The van der Waals surface area contributed by atoms with Crippen molar-refractivity contribution >= 4 is 28.8 Å². The maximum absolute atomic E-state index is 12.2. The first kappa shape index (κ1) is 17.1. The topological polar surface area (TPSA) is 101 Å². The monoisotopic (exact) mass is 327 g/mol. The van der Waals surface area contributed by atoms with Crippen LogP contribution < -0.4 is 10.6 Å². The molecule has 0 spiro atoms. The quantitative estimate of drug-likeness (QED) is 0.482. The number of nitrogens with one attached hydrogen (secondary N) is 2. The number of carbonyl (C=O) groups excluding carboxylic acids is 2. The van der Waals surface area contributed by atoms with Gasteiger partial charge in [-0.2, -0.15) is 0 Å². The van der Waals surface area contributed by atoms with Crippen molar-refractivity contribution in [3.05, 3.63) is 64.2 Å². The van der Waals surface area contributed by atoms with Gasteiger partial charge < -0.3 is 10.6 Å². The standard InChI is InChI=1S/C17H17N3O4/c1-11(18-15-4-3-5-16(10-15)20(23)24)17(22)19-14-8-6-13(7-9-14)12(2)21/h3-11,18H,1-2H3,(H,19,22)/t11-/m0/s1. The third-order valence-corrected chi connectivity index (χ3v) is 3.39. The van der Waals surface area contributed by atoms with Crippen molar-refractivity contribution in [2.75, 3.05) is 10.6 Å². The van der Waals surface area contributed by atoms with E-state index in [1.807, 2.05) is 0 Å². The second-order valence-corrected chi connectivity index (χ2v) is 5.30. The smallest absolute Gasteiger partial charge is 0.271 e. The van der Waals surface area contributed by atoms with Gasteiger partial charge in [0.15, 0.2) is 5.78 Å². The normalized spacial score (nSPS) is 11.4. The summed E-state index contributed by atoms with van der Waals surface area (Å²) in [6.07, 6.45) is 0. The molecule has 2 aromatic carbocycles. The number of rotatable bonds is 6. The number of hydrogen-bond acceptors (Lipinski definition) is 5. The summed E-state index contributed by atoms with van der Waals surface area (Å²) in [4.78, 5) is 33.7. The molecule has 0 aliphatic carbocycles. The van der Waals surface area contributed by atoms with Gasteiger partial charge in [-0.25, -0.2) is 0 Å². The van der Waals surface area contributed by atoms with Crippen LogP contribution in [0.2, 0.25) is 0 Å². The van der Waals surface area contributed by atoms with Crippen molar-refractivity contribution in [1.29, 1.82) is 0 Å². The molecule has 0 saturated heterocycles. The molecule has 124 valence electrons. The van der Waals surface area contributed by atoms with Gasteiger partial charge >= 0.3 is 0 Å². The lowest BCUT2D eigenvalue weighted by molar-refractivity contribution is -0.384. The Morgan fingerprint density at radius 2 is 1.75 bits per heavy atom. The molecule has 7 heteroatoms. The summed E-state index contributed by atoms with van der Waals surface area (Å²) in [7, 11) is 0. The Morgan fingerprint density at radius 3 is 2.33 bits per heavy atom. The third-order valence-electron chi connectivity index (χ3n) is 3.39. The lowest BCUT2D eigenvalue weighted by Crippen LogP contribution is -2.31. The van der Waals surface area contributed by atoms with Gasteiger partial charge in [0, 0.05) is 29.1 Å². The number of nitrogens with zero attached hydrogens (tertiary/aromatic N) is 1. The molecule has 7 nitrogen and oxygen atoms in total. The lowest BCUT2D eigenvalue weighted by atomic mass is 10.1. The number of hydrogen-bond donors (Lipinski definition) is 2. The van der Waals surface area contributed by atoms with Crippen LogP contribution in [0.3, 0.4) is 0 Å². The molecular weight excluding hydrogens is 310 g/mol. The lowest BCUT2D eigenvalue weighted by Gasteiger charge is -2.15. The number of Topliss-reactive ketones (excluding diaryl/α,β-unsaturated/α-hetero) is 1. The zero-order valence-corrected chi connectivity index (χ0v) is 13.3. The predicted octanol–water partition coefficient (Wildman–Crippen LogP) is 3.24. The molecule has 0 aliphatic rings. The molecule has 0 heterocycles. The van der Waals surface area contributed by atoms with Gasteiger partial charge in [0.2, 0.25) is 5.91 Å². The van der Waals surface area contributed by atoms with Gasteiger partial charge in [-0.05, 0) is 44.2 Å². The molecule has 2 rings (SSSR count). The fourth-order valence-corrected chi connectivity index (χ4v) is 2.06. The maximum atomic E-state index is 12.2. The van der Waals surface area contributed by atoms with Crippen LogP contribution in [0.25, 0.3) is 0 Å². The molecule has 24 heavy (non-hydrogen) atoms. The van der Waals surface area contributed by atoms with Crippen LogP contribution >= 0.6 is 0 Å². The molecule has 1 atom stereocenters. The number of nitro groups is 1. The number of ketones is 1. The Bertz CT molecular complexity index is 772. The van der Waals surface area contributed by atoms with Crippen molar-refractivity contribution in [1.82, 2.24) is 0 Å². The summed E-state index contributed by atoms with van der Waals surface area (Å²) < 4.78 is 0. The van der Waals surface area contributed by atoms with Gasteiger partial charge in [-0.3, -0.25) is 19.7 Å². The molecule has 0 aromatic heterocycles. The highest BCUT2D eigenvalue weighted by molar-refractivity contribution is 5.97. The van der Waals surface area contributed by atoms with Crippen LogP contribution in [0.5, 0.6) is 0 Å². The fourth-order valence-electron chi connectivity index (χ4n) is 2.06. The average Bonchev–Trinajstić information content (AvgIpc) is 2.55. The Balaban J connectivity index is 2.00. The van der Waals surface area contributed by atoms with Crippen LogP contribution in [0.15, 0.2) is 48.5 Å². The third kappa shape index (κ3) is 4.39. The van der Waals surface area contributed by atoms with Crippen molar-refractivity contribution in [2.24, 2.45) is 0 Å². The van der Waals surface area contributed by atoms with Crippen LogP contribution in [0.4, 0.5) is 17.1 Å². The van der Waals surface area contributed by atoms with E-state index in [1.54, 1.807) is 43.3 Å². The molecule has 0 fully saturated rings. The summed E-state index contributed by atoms with van der Waals surface area (Å²) in [6.45, 7) is 3.12. The number of amides is 1. The minimum Gasteiger partial charge on any atom is -0.374 e. The van der Waals surface area contributed by atoms with Crippen molar-refractivity contribution in [2.45, 2.75) is 19.9 Å². The van der Waals surface area contributed by atoms with Crippen molar-refractivity contribution in [3.8, 4) is 0 Å². The summed E-state index contributed by atoms with van der Waals surface area (Å²) in [5, 5.41) is 16.4. The van der Waals surface area contributed by atoms with E-state index < -0.39 is 11.0 Å². The highest BCUT2D eigenvalue weighted by Gasteiger charge is 2.14. The first-order valence-electron chi connectivity index (χ1n) is 7.29. The zero-order chi connectivity index (χ0) is 17.7. The van der Waals surface area contributed by atoms with E-state index in [0.717, 1.165) is 0 Å². The number of carbonyl (C=O) groups is 2. The molecule has 0 aliphatic heterocycles. The maximum Gasteiger partial charge on any atom is 0.271 e. The van der Waals surface area contributed by atoms with E-state index in [0.29, 0.717) is 16.9 Å². The van der Waals surface area contributed by atoms with Crippen molar-refractivity contribution < 1.29 is 14.5 Å². The fraction of sp³-hybridized carbons (Fsp3) is 0.176. The minimum absolute atomic E-state index is 0.0476. The van der Waals surface area contributed by atoms with Crippen molar-refractivity contribution in [3.63, 3.8) is 0 Å². The summed E-state index contributed by atoms with van der Waals surface area (Å²) in [6, 6.07) is 11.9. The van der Waals surface area contributed by atoms with Crippen LogP contribution in [0, 0.1) is 10.1 Å². The van der Waals surface area contributed by atoms with Gasteiger partial charge in [0.05, 0.1) is 4.92 Å². The zero-order valence-electron chi connectivity index (χ0n) is 13.3. The molecule has 0 saturated carbocycles. The van der Waals surface area contributed by atoms with E-state index >= 15 is 0 Å². The van der Waals surface area contributed by atoms with E-state index in [-0.39, 0.29) is 17.4 Å². The molecule has 1 amide bonds. The molecule has 0 radical (unpaired) electrons. The summed E-state index contributed by atoms with van der Waals surface area (Å²) in [5.41, 5.74) is 1.57. The van der Waals surface area contributed by atoms with E-state index in [9.17, 15) is 19.7 Å². The van der Waals surface area contributed by atoms with Crippen LogP contribution in [-0.2, 0) is 4.79 Å². The van der Waals surface area contributed by atoms with E-state index in [2.05, 4.69) is 10.6 Å². The first-order chi connectivity index (χ1) is 11.4. The number of benzene rings is 2. The largest absolute Gasteiger partial charge is 0.374 e. The van der Waals surface area contributed by atoms with Crippen LogP contribution in [-0.4, -0.2) is 22.7 Å². The highest BCUT2D eigenvalue weighted by Crippen LogP contribution is 2.18. The first-order valence-corrected chi connectivity index (χ1v) is 7.29. The van der Waals surface area contributed by atoms with E-state index in [1.165, 1.54) is 19.1 Å². The minimum atomic E-state index is -0.598. The predicted molar refractivity (Wildman–Crippen MR) is 91.3 cm³/mol. The number of non-ortho nitro benzene ring substituents is 1. The average molecular weight is 327 g/mol. The van der Waals surface area contributed by atoms with Gasteiger partial charge in [-0.15, -0.1) is 0 Å². The number of nitro benzene ring substituents is 1. The van der Waals surface area contributed by atoms with Crippen LogP contribution in [0.1, 0.15) is 24.2 Å². The molecular formula is C17H17N3O4. The molecule has 2 aromatic rings. The molecule has 0 bridgehead atoms. The number of anilines is 2. The second kappa shape index (κ2) is 7.36. The Morgan fingerprint density at radius 1 is 1.08 bits per heavy atom. The molecule has 2 N–H and O–H groups in total.